The molecule has 2 aromatic carbocycles. The lowest BCUT2D eigenvalue weighted by atomic mass is 9.97. The van der Waals surface area contributed by atoms with Gasteiger partial charge in [0.15, 0.2) is 5.82 Å². The number of hydrogen-bond acceptors (Lipinski definition) is 7. The molecule has 0 aliphatic heterocycles. The molecular weight excluding hydrogens is 378 g/mol. The van der Waals surface area contributed by atoms with Crippen molar-refractivity contribution in [2.75, 3.05) is 14.2 Å². The van der Waals surface area contributed by atoms with Crippen LogP contribution in [-0.4, -0.2) is 34.8 Å². The monoisotopic (exact) mass is 395 g/mol. The normalized spacial score (nSPS) is 12.2. The zero-order valence-electron chi connectivity index (χ0n) is 15.5. The van der Waals surface area contributed by atoms with Crippen LogP contribution in [0.2, 0.25) is 0 Å². The number of esters is 1. The molecule has 1 atom stereocenters. The molecule has 0 N–H and O–H groups in total. The van der Waals surface area contributed by atoms with Crippen molar-refractivity contribution < 1.29 is 14.3 Å². The summed E-state index contributed by atoms with van der Waals surface area (Å²) < 4.78 is 11.2. The lowest BCUT2D eigenvalue weighted by molar-refractivity contribution is 0.0606. The van der Waals surface area contributed by atoms with Gasteiger partial charge in [-0.1, -0.05) is 42.5 Å². The molecule has 0 spiro atoms. The molecule has 142 valence electrons. The number of ether oxygens (including phenoxy) is 2. The average Bonchev–Trinajstić information content (AvgIpc) is 3.16. The van der Waals surface area contributed by atoms with E-state index in [-0.39, 0.29) is 10.8 Å². The van der Waals surface area contributed by atoms with Crippen LogP contribution in [0.4, 0.5) is 0 Å². The number of fused-ring (bicyclic) bond motifs is 2. The molecule has 2 aromatic heterocycles. The van der Waals surface area contributed by atoms with Crippen molar-refractivity contribution in [1.29, 1.82) is 0 Å². The van der Waals surface area contributed by atoms with Gasteiger partial charge in [-0.15, -0.1) is 5.10 Å². The first kappa shape index (κ1) is 18.1. The highest BCUT2D eigenvalue weighted by molar-refractivity contribution is 7.18. The summed E-state index contributed by atoms with van der Waals surface area (Å²) in [6.07, 6.45) is 0. The number of aromatic nitrogens is 3. The fraction of sp³-hybridized carbons (Fsp3) is 0.200. The Morgan fingerprint density at radius 2 is 1.86 bits per heavy atom. The van der Waals surface area contributed by atoms with Crippen molar-refractivity contribution >= 4 is 33.0 Å². The lowest BCUT2D eigenvalue weighted by Crippen LogP contribution is -2.15. The standard InChI is InChI=1S/C20H17N3O4S/c1-11(12-4-5-14-9-15(26-2)7-6-13(14)8-12)18-21-20-23(22-18)17(24)10-16(28-20)19(25)27-3/h4-11H,1-3H3. The van der Waals surface area contributed by atoms with Gasteiger partial charge >= 0.3 is 5.97 Å². The topological polar surface area (TPSA) is 82.8 Å². The molecule has 0 bridgehead atoms. The Bertz CT molecular complexity index is 1260. The number of carbonyl (C=O) groups is 1. The quantitative estimate of drug-likeness (QED) is 0.493. The van der Waals surface area contributed by atoms with Gasteiger partial charge in [-0.2, -0.15) is 4.52 Å². The minimum absolute atomic E-state index is 0.125. The van der Waals surface area contributed by atoms with E-state index in [9.17, 15) is 9.59 Å². The van der Waals surface area contributed by atoms with E-state index in [1.54, 1.807) is 7.11 Å². The Kier molecular flexibility index (Phi) is 4.56. The second kappa shape index (κ2) is 7.05. The first-order valence-corrected chi connectivity index (χ1v) is 9.38. The molecule has 0 saturated heterocycles. The summed E-state index contributed by atoms with van der Waals surface area (Å²) >= 11 is 1.07. The summed E-state index contributed by atoms with van der Waals surface area (Å²) in [5.74, 6) is 0.635. The van der Waals surface area contributed by atoms with Gasteiger partial charge in [-0.05, 0) is 28.5 Å². The van der Waals surface area contributed by atoms with Crippen molar-refractivity contribution in [3.8, 4) is 5.75 Å². The first-order chi connectivity index (χ1) is 13.5. The number of rotatable bonds is 4. The van der Waals surface area contributed by atoms with Crippen molar-refractivity contribution in [2.24, 2.45) is 0 Å². The van der Waals surface area contributed by atoms with Crippen LogP contribution in [0.1, 0.15) is 33.9 Å². The van der Waals surface area contributed by atoms with E-state index in [1.165, 1.54) is 17.7 Å². The highest BCUT2D eigenvalue weighted by Gasteiger charge is 2.18. The summed E-state index contributed by atoms with van der Waals surface area (Å²) in [6, 6.07) is 13.2. The fourth-order valence-electron chi connectivity index (χ4n) is 3.00. The summed E-state index contributed by atoms with van der Waals surface area (Å²) in [4.78, 5) is 29.0. The second-order valence-electron chi connectivity index (χ2n) is 6.30. The molecule has 0 amide bonds. The van der Waals surface area contributed by atoms with Gasteiger partial charge in [0.2, 0.25) is 4.96 Å². The van der Waals surface area contributed by atoms with Gasteiger partial charge < -0.3 is 9.47 Å². The van der Waals surface area contributed by atoms with Crippen LogP contribution < -0.4 is 10.3 Å². The van der Waals surface area contributed by atoms with Crippen LogP contribution in [0.5, 0.6) is 5.75 Å². The van der Waals surface area contributed by atoms with E-state index in [0.29, 0.717) is 10.8 Å². The Morgan fingerprint density at radius 3 is 2.61 bits per heavy atom. The molecule has 8 heteroatoms. The van der Waals surface area contributed by atoms with Gasteiger partial charge in [0.05, 0.1) is 14.2 Å². The van der Waals surface area contributed by atoms with Gasteiger partial charge in [0.1, 0.15) is 10.6 Å². The SMILES string of the molecule is COC(=O)c1cc(=O)n2nc(C(C)c3ccc4cc(OC)ccc4c3)nc2s1. The van der Waals surface area contributed by atoms with Crippen LogP contribution in [0.3, 0.4) is 0 Å². The number of carbonyl (C=O) groups excluding carboxylic acids is 1. The largest absolute Gasteiger partial charge is 0.497 e. The number of methoxy groups -OCH3 is 2. The third-order valence-corrected chi connectivity index (χ3v) is 5.55. The Hall–Kier alpha value is -3.26. The summed E-state index contributed by atoms with van der Waals surface area (Å²) in [6.45, 7) is 1.98. The van der Waals surface area contributed by atoms with Gasteiger partial charge in [0, 0.05) is 12.0 Å². The molecule has 0 radical (unpaired) electrons. The third kappa shape index (κ3) is 3.11. The smallest absolute Gasteiger partial charge is 0.348 e. The zero-order valence-corrected chi connectivity index (χ0v) is 16.3. The Balaban J connectivity index is 1.75. The predicted octanol–water partition coefficient (Wildman–Crippen LogP) is 3.25. The molecule has 28 heavy (non-hydrogen) atoms. The minimum Gasteiger partial charge on any atom is -0.497 e. The molecule has 0 aliphatic rings. The Morgan fingerprint density at radius 1 is 1.11 bits per heavy atom. The van der Waals surface area contributed by atoms with E-state index in [4.69, 9.17) is 4.74 Å². The van der Waals surface area contributed by atoms with Crippen molar-refractivity contribution in [2.45, 2.75) is 12.8 Å². The minimum atomic E-state index is -0.563. The number of nitrogens with zero attached hydrogens (tertiary/aromatic N) is 3. The highest BCUT2D eigenvalue weighted by atomic mass is 32.1. The first-order valence-electron chi connectivity index (χ1n) is 8.57. The van der Waals surface area contributed by atoms with Crippen LogP contribution in [-0.2, 0) is 4.74 Å². The van der Waals surface area contributed by atoms with E-state index in [1.807, 2.05) is 37.3 Å². The third-order valence-electron chi connectivity index (χ3n) is 4.60. The predicted molar refractivity (Wildman–Crippen MR) is 106 cm³/mol. The summed E-state index contributed by atoms with van der Waals surface area (Å²) in [5, 5.41) is 6.51. The van der Waals surface area contributed by atoms with Gasteiger partial charge in [-0.25, -0.2) is 9.78 Å². The van der Waals surface area contributed by atoms with Gasteiger partial charge in [-0.3, -0.25) is 4.79 Å². The van der Waals surface area contributed by atoms with E-state index < -0.39 is 11.5 Å². The molecular formula is C20H17N3O4S. The molecule has 4 aromatic rings. The summed E-state index contributed by atoms with van der Waals surface area (Å²) in [5.41, 5.74) is 0.616. The number of hydrogen-bond donors (Lipinski definition) is 0. The molecule has 0 saturated carbocycles. The lowest BCUT2D eigenvalue weighted by Gasteiger charge is -2.10. The molecule has 0 fully saturated rings. The summed E-state index contributed by atoms with van der Waals surface area (Å²) in [7, 11) is 2.92. The zero-order chi connectivity index (χ0) is 19.8. The molecule has 2 heterocycles. The molecule has 0 aliphatic carbocycles. The van der Waals surface area contributed by atoms with E-state index >= 15 is 0 Å². The van der Waals surface area contributed by atoms with Crippen molar-refractivity contribution in [1.82, 2.24) is 14.6 Å². The Labute approximate surface area is 164 Å². The van der Waals surface area contributed by atoms with Crippen LogP contribution >= 0.6 is 11.3 Å². The van der Waals surface area contributed by atoms with E-state index in [0.717, 1.165) is 33.4 Å². The van der Waals surface area contributed by atoms with E-state index in [2.05, 4.69) is 20.9 Å². The second-order valence-corrected chi connectivity index (χ2v) is 7.31. The number of benzene rings is 2. The van der Waals surface area contributed by atoms with Gasteiger partial charge in [0.25, 0.3) is 5.56 Å². The van der Waals surface area contributed by atoms with Crippen molar-refractivity contribution in [3.05, 3.63) is 69.1 Å². The molecule has 7 nitrogen and oxygen atoms in total. The fourth-order valence-corrected chi connectivity index (χ4v) is 3.88. The van der Waals surface area contributed by atoms with Crippen LogP contribution in [0, 0.1) is 0 Å². The van der Waals surface area contributed by atoms with Crippen molar-refractivity contribution in [3.63, 3.8) is 0 Å². The average molecular weight is 395 g/mol. The maximum Gasteiger partial charge on any atom is 0.348 e. The maximum absolute atomic E-state index is 12.3. The highest BCUT2D eigenvalue weighted by Crippen LogP contribution is 2.28. The molecule has 4 rings (SSSR count). The van der Waals surface area contributed by atoms with Crippen LogP contribution in [0.25, 0.3) is 15.7 Å². The van der Waals surface area contributed by atoms with Crippen LogP contribution in [0.15, 0.2) is 47.3 Å². The molecule has 1 unspecified atom stereocenters. The maximum atomic E-state index is 12.3.